The summed E-state index contributed by atoms with van der Waals surface area (Å²) in [6.07, 6.45) is 0.734. The van der Waals surface area contributed by atoms with E-state index in [0.717, 1.165) is 17.5 Å². The molecule has 0 saturated carbocycles. The van der Waals surface area contributed by atoms with Gasteiger partial charge in [-0.1, -0.05) is 29.3 Å². The van der Waals surface area contributed by atoms with Gasteiger partial charge < -0.3 is 9.15 Å². The number of ketones is 1. The summed E-state index contributed by atoms with van der Waals surface area (Å²) in [5.74, 6) is 0.373. The van der Waals surface area contributed by atoms with Crippen LogP contribution in [-0.2, 0) is 13.0 Å². The highest BCUT2D eigenvalue weighted by Gasteiger charge is 2.22. The van der Waals surface area contributed by atoms with E-state index in [2.05, 4.69) is 4.90 Å². The number of benzene rings is 2. The fourth-order valence-corrected chi connectivity index (χ4v) is 3.83. The van der Waals surface area contributed by atoms with Crippen molar-refractivity contribution in [3.63, 3.8) is 0 Å². The van der Waals surface area contributed by atoms with Crippen LogP contribution in [0.2, 0.25) is 10.0 Å². The number of ether oxygens (including phenoxy) is 1. The van der Waals surface area contributed by atoms with Gasteiger partial charge in [0.15, 0.2) is 5.78 Å². The second-order valence-corrected chi connectivity index (χ2v) is 7.62. The standard InChI is InChI=1S/C21H17Cl2NO4/c1-12(25)16-8-14-3-5-19-17(20(14)28-21(16)26)10-24(11-27-19)7-6-13-2-4-15(22)9-18(13)23/h2-5,8-9H,6-7,10-11H2,1H3. The van der Waals surface area contributed by atoms with Gasteiger partial charge in [0.05, 0.1) is 5.56 Å². The number of fused-ring (bicyclic) bond motifs is 3. The SMILES string of the molecule is CC(=O)c1cc2ccc3c(c2oc1=O)CN(CCc1ccc(Cl)cc1Cl)CO3. The van der Waals surface area contributed by atoms with Crippen LogP contribution < -0.4 is 10.4 Å². The van der Waals surface area contributed by atoms with Gasteiger partial charge in [0.2, 0.25) is 0 Å². The molecule has 2 aromatic carbocycles. The maximum absolute atomic E-state index is 12.2. The minimum Gasteiger partial charge on any atom is -0.478 e. The van der Waals surface area contributed by atoms with Crippen LogP contribution in [0.4, 0.5) is 0 Å². The molecular formula is C21H17Cl2NO4. The number of rotatable bonds is 4. The van der Waals surface area contributed by atoms with Crippen LogP contribution in [-0.4, -0.2) is 24.0 Å². The zero-order valence-electron chi connectivity index (χ0n) is 15.1. The molecule has 2 heterocycles. The number of halogens is 2. The lowest BCUT2D eigenvalue weighted by Gasteiger charge is -2.29. The summed E-state index contributed by atoms with van der Waals surface area (Å²) in [4.78, 5) is 25.9. The first kappa shape index (κ1) is 19.0. The van der Waals surface area contributed by atoms with Crippen molar-refractivity contribution in [2.24, 2.45) is 0 Å². The Bertz CT molecular complexity index is 1140. The molecule has 3 aromatic rings. The van der Waals surface area contributed by atoms with Crippen molar-refractivity contribution >= 4 is 40.0 Å². The van der Waals surface area contributed by atoms with Crippen LogP contribution in [0.5, 0.6) is 5.75 Å². The van der Waals surface area contributed by atoms with E-state index in [1.165, 1.54) is 6.92 Å². The summed E-state index contributed by atoms with van der Waals surface area (Å²) >= 11 is 12.2. The average molecular weight is 418 g/mol. The number of hydrogen-bond acceptors (Lipinski definition) is 5. The molecule has 4 rings (SSSR count). The molecule has 0 bridgehead atoms. The highest BCUT2D eigenvalue weighted by Crippen LogP contribution is 2.32. The smallest absolute Gasteiger partial charge is 0.347 e. The molecule has 0 fully saturated rings. The lowest BCUT2D eigenvalue weighted by Crippen LogP contribution is -2.33. The number of Topliss-reactive ketones (excluding diaryl/α,β-unsaturated/α-hetero) is 1. The fourth-order valence-electron chi connectivity index (χ4n) is 3.33. The van der Waals surface area contributed by atoms with E-state index in [1.807, 2.05) is 18.2 Å². The van der Waals surface area contributed by atoms with Gasteiger partial charge in [-0.15, -0.1) is 0 Å². The maximum Gasteiger partial charge on any atom is 0.347 e. The molecule has 1 aliphatic rings. The summed E-state index contributed by atoms with van der Waals surface area (Å²) < 4.78 is 11.3. The molecule has 0 saturated heterocycles. The molecule has 0 radical (unpaired) electrons. The van der Waals surface area contributed by atoms with E-state index >= 15 is 0 Å². The normalized spacial score (nSPS) is 14.0. The molecule has 0 atom stereocenters. The minimum absolute atomic E-state index is 0.0541. The third-order valence-electron chi connectivity index (χ3n) is 4.84. The first-order chi connectivity index (χ1) is 13.4. The topological polar surface area (TPSA) is 59.8 Å². The number of carbonyl (C=O) groups is 1. The zero-order valence-corrected chi connectivity index (χ0v) is 16.6. The molecular weight excluding hydrogens is 401 g/mol. The predicted octanol–water partition coefficient (Wildman–Crippen LogP) is 4.70. The Labute approximate surface area is 171 Å². The lowest BCUT2D eigenvalue weighted by atomic mass is 10.1. The average Bonchev–Trinajstić information content (AvgIpc) is 2.66. The number of hydrogen-bond donors (Lipinski definition) is 0. The second kappa shape index (κ2) is 7.59. The highest BCUT2D eigenvalue weighted by molar-refractivity contribution is 6.35. The third-order valence-corrected chi connectivity index (χ3v) is 5.43. The van der Waals surface area contributed by atoms with E-state index in [9.17, 15) is 9.59 Å². The van der Waals surface area contributed by atoms with Crippen molar-refractivity contribution in [3.8, 4) is 5.75 Å². The van der Waals surface area contributed by atoms with Crippen LogP contribution in [0.25, 0.3) is 11.0 Å². The maximum atomic E-state index is 12.2. The van der Waals surface area contributed by atoms with Crippen molar-refractivity contribution in [1.29, 1.82) is 0 Å². The fraction of sp³-hybridized carbons (Fsp3) is 0.238. The Kier molecular flexibility index (Phi) is 5.15. The predicted molar refractivity (Wildman–Crippen MR) is 109 cm³/mol. The largest absolute Gasteiger partial charge is 0.478 e. The van der Waals surface area contributed by atoms with Gasteiger partial charge in [-0.2, -0.15) is 0 Å². The quantitative estimate of drug-likeness (QED) is 0.454. The second-order valence-electron chi connectivity index (χ2n) is 6.78. The van der Waals surface area contributed by atoms with E-state index in [-0.39, 0.29) is 11.3 Å². The van der Waals surface area contributed by atoms with Crippen molar-refractivity contribution in [1.82, 2.24) is 4.90 Å². The molecule has 28 heavy (non-hydrogen) atoms. The van der Waals surface area contributed by atoms with Crippen molar-refractivity contribution in [2.45, 2.75) is 19.9 Å². The van der Waals surface area contributed by atoms with Crippen LogP contribution >= 0.6 is 23.2 Å². The molecule has 144 valence electrons. The van der Waals surface area contributed by atoms with E-state index in [0.29, 0.717) is 46.6 Å². The molecule has 0 spiro atoms. The lowest BCUT2D eigenvalue weighted by molar-refractivity contribution is 0.0967. The van der Waals surface area contributed by atoms with E-state index in [4.69, 9.17) is 32.4 Å². The van der Waals surface area contributed by atoms with Gasteiger partial charge in [-0.05, 0) is 49.2 Å². The summed E-state index contributed by atoms with van der Waals surface area (Å²) in [7, 11) is 0. The van der Waals surface area contributed by atoms with Gasteiger partial charge in [-0.25, -0.2) is 4.79 Å². The molecule has 0 unspecified atom stereocenters. The molecule has 5 nitrogen and oxygen atoms in total. The summed E-state index contributed by atoms with van der Waals surface area (Å²) in [6.45, 7) is 3.07. The monoisotopic (exact) mass is 417 g/mol. The summed E-state index contributed by atoms with van der Waals surface area (Å²) in [5, 5.41) is 1.95. The van der Waals surface area contributed by atoms with E-state index < -0.39 is 5.63 Å². The van der Waals surface area contributed by atoms with Gasteiger partial charge in [0.25, 0.3) is 0 Å². The van der Waals surface area contributed by atoms with E-state index in [1.54, 1.807) is 18.2 Å². The summed E-state index contributed by atoms with van der Waals surface area (Å²) in [6, 6.07) is 10.7. The van der Waals surface area contributed by atoms with Gasteiger partial charge >= 0.3 is 5.63 Å². The zero-order chi connectivity index (χ0) is 19.8. The molecule has 0 aliphatic carbocycles. The molecule has 1 aliphatic heterocycles. The van der Waals surface area contributed by atoms with Crippen molar-refractivity contribution in [2.75, 3.05) is 13.3 Å². The van der Waals surface area contributed by atoms with Crippen molar-refractivity contribution in [3.05, 3.63) is 73.6 Å². The Morgan fingerprint density at radius 3 is 2.75 bits per heavy atom. The third kappa shape index (κ3) is 3.65. The molecule has 1 aromatic heterocycles. The Morgan fingerprint density at radius 2 is 2.00 bits per heavy atom. The number of carbonyl (C=O) groups excluding carboxylic acids is 1. The molecule has 0 N–H and O–H groups in total. The summed E-state index contributed by atoms with van der Waals surface area (Å²) in [5.41, 5.74) is 1.70. The van der Waals surface area contributed by atoms with Crippen LogP contribution in [0.1, 0.15) is 28.4 Å². The Hall–Kier alpha value is -2.34. The molecule has 0 amide bonds. The number of nitrogens with zero attached hydrogens (tertiary/aromatic N) is 1. The van der Waals surface area contributed by atoms with Gasteiger partial charge in [-0.3, -0.25) is 9.69 Å². The first-order valence-electron chi connectivity index (χ1n) is 8.82. The van der Waals surface area contributed by atoms with Gasteiger partial charge in [0.1, 0.15) is 23.6 Å². The van der Waals surface area contributed by atoms with Crippen molar-refractivity contribution < 1.29 is 13.9 Å². The Morgan fingerprint density at radius 1 is 1.18 bits per heavy atom. The highest BCUT2D eigenvalue weighted by atomic mass is 35.5. The molecule has 7 heteroatoms. The first-order valence-corrected chi connectivity index (χ1v) is 9.58. The van der Waals surface area contributed by atoms with Crippen LogP contribution in [0, 0.1) is 0 Å². The Balaban J connectivity index is 1.60. The van der Waals surface area contributed by atoms with Crippen LogP contribution in [0.15, 0.2) is 45.6 Å². The minimum atomic E-state index is -0.626. The van der Waals surface area contributed by atoms with Crippen LogP contribution in [0.3, 0.4) is 0 Å². The van der Waals surface area contributed by atoms with Gasteiger partial charge in [0, 0.05) is 28.5 Å².